The van der Waals surface area contributed by atoms with Crippen molar-refractivity contribution in [1.29, 1.82) is 0 Å². The van der Waals surface area contributed by atoms with Crippen LogP contribution in [0.2, 0.25) is 0 Å². The summed E-state index contributed by atoms with van der Waals surface area (Å²) in [6.07, 6.45) is 10.3. The van der Waals surface area contributed by atoms with Gasteiger partial charge in [0.05, 0.1) is 18.8 Å². The zero-order valence-corrected chi connectivity index (χ0v) is 14.3. The third kappa shape index (κ3) is 3.44. The number of carbonyl (C=O) groups excluding carboxylic acids is 1. The smallest absolute Gasteiger partial charge is 0.276 e. The highest BCUT2D eigenvalue weighted by Gasteiger charge is 2.39. The van der Waals surface area contributed by atoms with E-state index in [1.807, 2.05) is 17.0 Å². The molecule has 132 valence electrons. The van der Waals surface area contributed by atoms with E-state index in [1.165, 1.54) is 25.7 Å². The van der Waals surface area contributed by atoms with Crippen LogP contribution in [0.25, 0.3) is 11.3 Å². The standard InChI is InChI=1S/C19H23N3O3/c23-18(16-13-17(25-21-16)15-5-9-20-10-6-15)22-11-12-24-19(14-22)7-3-1-2-4-8-19/h5-6,9-10,13H,1-4,7-8,11-12,14H2. The molecule has 1 saturated heterocycles. The SMILES string of the molecule is O=C(c1cc(-c2ccncc2)on1)N1CCOC2(CCCCCC2)C1. The van der Waals surface area contributed by atoms with Gasteiger partial charge in [0.2, 0.25) is 0 Å². The summed E-state index contributed by atoms with van der Waals surface area (Å²) in [5, 5.41) is 3.99. The number of carbonyl (C=O) groups is 1. The highest BCUT2D eigenvalue weighted by molar-refractivity contribution is 5.93. The average molecular weight is 341 g/mol. The van der Waals surface area contributed by atoms with Gasteiger partial charge >= 0.3 is 0 Å². The van der Waals surface area contributed by atoms with Gasteiger partial charge in [0.25, 0.3) is 5.91 Å². The van der Waals surface area contributed by atoms with Gasteiger partial charge in [0, 0.05) is 30.6 Å². The van der Waals surface area contributed by atoms with Gasteiger partial charge in [-0.15, -0.1) is 0 Å². The summed E-state index contributed by atoms with van der Waals surface area (Å²) in [5.41, 5.74) is 1.06. The van der Waals surface area contributed by atoms with E-state index in [2.05, 4.69) is 10.1 Å². The summed E-state index contributed by atoms with van der Waals surface area (Å²) in [6.45, 7) is 1.86. The van der Waals surface area contributed by atoms with Crippen LogP contribution in [0.3, 0.4) is 0 Å². The quantitative estimate of drug-likeness (QED) is 0.838. The molecule has 6 heteroatoms. The predicted octanol–water partition coefficient (Wildman–Crippen LogP) is 3.30. The molecule has 1 aliphatic carbocycles. The number of rotatable bonds is 2. The van der Waals surface area contributed by atoms with Gasteiger partial charge in [-0.05, 0) is 25.0 Å². The van der Waals surface area contributed by atoms with Crippen LogP contribution in [0.1, 0.15) is 49.0 Å². The summed E-state index contributed by atoms with van der Waals surface area (Å²) in [7, 11) is 0. The molecule has 1 spiro atoms. The zero-order chi connectivity index (χ0) is 17.1. The second-order valence-corrected chi connectivity index (χ2v) is 6.98. The summed E-state index contributed by atoms with van der Waals surface area (Å²) in [5.74, 6) is 0.513. The first-order valence-corrected chi connectivity index (χ1v) is 9.06. The molecule has 0 unspecified atom stereocenters. The van der Waals surface area contributed by atoms with Crippen LogP contribution in [-0.2, 0) is 4.74 Å². The van der Waals surface area contributed by atoms with Crippen molar-refractivity contribution in [1.82, 2.24) is 15.0 Å². The number of morpholine rings is 1. The van der Waals surface area contributed by atoms with E-state index < -0.39 is 0 Å². The van der Waals surface area contributed by atoms with Crippen molar-refractivity contribution >= 4 is 5.91 Å². The third-order valence-corrected chi connectivity index (χ3v) is 5.24. The number of amides is 1. The molecule has 0 aromatic carbocycles. The van der Waals surface area contributed by atoms with Crippen molar-refractivity contribution in [3.63, 3.8) is 0 Å². The molecular formula is C19H23N3O3. The lowest BCUT2D eigenvalue weighted by Gasteiger charge is -2.42. The Morgan fingerprint density at radius 2 is 1.88 bits per heavy atom. The molecule has 0 atom stereocenters. The normalized spacial score (nSPS) is 20.4. The molecule has 6 nitrogen and oxygen atoms in total. The van der Waals surface area contributed by atoms with Gasteiger partial charge in [-0.3, -0.25) is 9.78 Å². The van der Waals surface area contributed by atoms with Gasteiger partial charge in [0.1, 0.15) is 0 Å². The minimum Gasteiger partial charge on any atom is -0.371 e. The maximum Gasteiger partial charge on any atom is 0.276 e. The molecular weight excluding hydrogens is 318 g/mol. The van der Waals surface area contributed by atoms with E-state index in [1.54, 1.807) is 18.5 Å². The first kappa shape index (κ1) is 16.3. The molecule has 0 bridgehead atoms. The first-order chi connectivity index (χ1) is 12.3. The lowest BCUT2D eigenvalue weighted by Crippen LogP contribution is -2.53. The Hall–Kier alpha value is -2.21. The molecule has 1 aliphatic heterocycles. The number of hydrogen-bond acceptors (Lipinski definition) is 5. The van der Waals surface area contributed by atoms with Crippen molar-refractivity contribution in [3.05, 3.63) is 36.3 Å². The summed E-state index contributed by atoms with van der Waals surface area (Å²) in [6, 6.07) is 5.39. The fraction of sp³-hybridized carbons (Fsp3) is 0.526. The molecule has 2 aromatic rings. The van der Waals surface area contributed by atoms with Crippen LogP contribution in [0.15, 0.2) is 35.1 Å². The molecule has 2 aromatic heterocycles. The zero-order valence-electron chi connectivity index (χ0n) is 14.3. The van der Waals surface area contributed by atoms with E-state index in [-0.39, 0.29) is 11.5 Å². The van der Waals surface area contributed by atoms with Gasteiger partial charge in [-0.25, -0.2) is 0 Å². The van der Waals surface area contributed by atoms with Gasteiger partial charge in [0.15, 0.2) is 11.5 Å². The van der Waals surface area contributed by atoms with Crippen LogP contribution in [-0.4, -0.2) is 46.2 Å². The van der Waals surface area contributed by atoms with Crippen molar-refractivity contribution in [2.45, 2.75) is 44.1 Å². The van der Waals surface area contributed by atoms with Crippen molar-refractivity contribution in [3.8, 4) is 11.3 Å². The first-order valence-electron chi connectivity index (χ1n) is 9.06. The Morgan fingerprint density at radius 3 is 2.64 bits per heavy atom. The minimum absolute atomic E-state index is 0.0732. The number of aromatic nitrogens is 2. The molecule has 25 heavy (non-hydrogen) atoms. The Morgan fingerprint density at radius 1 is 1.12 bits per heavy atom. The fourth-order valence-electron chi connectivity index (χ4n) is 3.88. The van der Waals surface area contributed by atoms with Crippen LogP contribution in [0.5, 0.6) is 0 Å². The molecule has 2 aliphatic rings. The van der Waals surface area contributed by atoms with Crippen LogP contribution >= 0.6 is 0 Å². The Labute approximate surface area is 147 Å². The van der Waals surface area contributed by atoms with E-state index >= 15 is 0 Å². The average Bonchev–Trinajstić information content (AvgIpc) is 3.05. The highest BCUT2D eigenvalue weighted by atomic mass is 16.5. The topological polar surface area (TPSA) is 68.5 Å². The third-order valence-electron chi connectivity index (χ3n) is 5.24. The largest absolute Gasteiger partial charge is 0.371 e. The van der Waals surface area contributed by atoms with E-state index in [9.17, 15) is 4.79 Å². The number of pyridine rings is 1. The molecule has 1 amide bonds. The van der Waals surface area contributed by atoms with E-state index in [0.717, 1.165) is 18.4 Å². The van der Waals surface area contributed by atoms with Crippen molar-refractivity contribution in [2.24, 2.45) is 0 Å². The maximum atomic E-state index is 12.9. The Kier molecular flexibility index (Phi) is 4.53. The van der Waals surface area contributed by atoms with Crippen molar-refractivity contribution < 1.29 is 14.1 Å². The van der Waals surface area contributed by atoms with Gasteiger partial charge in [-0.2, -0.15) is 0 Å². The molecule has 3 heterocycles. The second-order valence-electron chi connectivity index (χ2n) is 6.98. The Bertz CT molecular complexity index is 721. The fourth-order valence-corrected chi connectivity index (χ4v) is 3.88. The molecule has 0 N–H and O–H groups in total. The maximum absolute atomic E-state index is 12.9. The predicted molar refractivity (Wildman–Crippen MR) is 92.0 cm³/mol. The van der Waals surface area contributed by atoms with E-state index in [0.29, 0.717) is 31.2 Å². The lowest BCUT2D eigenvalue weighted by atomic mass is 9.92. The number of nitrogens with zero attached hydrogens (tertiary/aromatic N) is 3. The summed E-state index contributed by atoms with van der Waals surface area (Å²) >= 11 is 0. The van der Waals surface area contributed by atoms with Crippen LogP contribution < -0.4 is 0 Å². The van der Waals surface area contributed by atoms with E-state index in [4.69, 9.17) is 9.26 Å². The highest BCUT2D eigenvalue weighted by Crippen LogP contribution is 2.34. The summed E-state index contributed by atoms with van der Waals surface area (Å²) < 4.78 is 11.5. The monoisotopic (exact) mass is 341 g/mol. The molecule has 1 saturated carbocycles. The molecule has 2 fully saturated rings. The number of hydrogen-bond donors (Lipinski definition) is 0. The lowest BCUT2D eigenvalue weighted by molar-refractivity contribution is -0.107. The van der Waals surface area contributed by atoms with Gasteiger partial charge in [-0.1, -0.05) is 30.8 Å². The van der Waals surface area contributed by atoms with Crippen molar-refractivity contribution in [2.75, 3.05) is 19.7 Å². The van der Waals surface area contributed by atoms with Crippen LogP contribution in [0, 0.1) is 0 Å². The van der Waals surface area contributed by atoms with Gasteiger partial charge < -0.3 is 14.2 Å². The van der Waals surface area contributed by atoms with Crippen LogP contribution in [0.4, 0.5) is 0 Å². The molecule has 4 rings (SSSR count). The number of ether oxygens (including phenoxy) is 1. The second kappa shape index (κ2) is 6.96. The minimum atomic E-state index is -0.165. The Balaban J connectivity index is 1.50. The molecule has 0 radical (unpaired) electrons. The summed E-state index contributed by atoms with van der Waals surface area (Å²) in [4.78, 5) is 18.8.